The standard InChI is InChI=1S/C18H21F2N5/c1-5-14(18(2,3)4)24-17-13(20)9-23-16(25-17)12-8-22-15-11(12)6-10(19)7-21-15/h6-9,14H,5H2,1-4H3,(H,21,22)(H,23,24,25). The molecular formula is C18H21F2N5. The lowest BCUT2D eigenvalue weighted by Crippen LogP contribution is -2.34. The molecule has 3 heterocycles. The first kappa shape index (κ1) is 17.3. The number of H-pyrrole nitrogens is 1. The molecule has 0 saturated carbocycles. The van der Waals surface area contributed by atoms with Crippen LogP contribution in [0, 0.1) is 17.0 Å². The largest absolute Gasteiger partial charge is 0.364 e. The van der Waals surface area contributed by atoms with Crippen molar-refractivity contribution in [2.45, 2.75) is 40.2 Å². The van der Waals surface area contributed by atoms with Crippen molar-refractivity contribution >= 4 is 16.9 Å². The number of fused-ring (bicyclic) bond motifs is 1. The van der Waals surface area contributed by atoms with Gasteiger partial charge < -0.3 is 10.3 Å². The summed E-state index contributed by atoms with van der Waals surface area (Å²) in [5.74, 6) is -0.514. The summed E-state index contributed by atoms with van der Waals surface area (Å²) in [7, 11) is 0. The molecular weight excluding hydrogens is 324 g/mol. The van der Waals surface area contributed by atoms with Gasteiger partial charge in [0.1, 0.15) is 11.5 Å². The van der Waals surface area contributed by atoms with E-state index in [4.69, 9.17) is 0 Å². The average Bonchev–Trinajstić information content (AvgIpc) is 2.96. The predicted octanol–water partition coefficient (Wildman–Crippen LogP) is 4.53. The summed E-state index contributed by atoms with van der Waals surface area (Å²) < 4.78 is 27.7. The van der Waals surface area contributed by atoms with Crippen LogP contribution in [0.15, 0.2) is 24.7 Å². The number of aromatic amines is 1. The van der Waals surface area contributed by atoms with Crippen molar-refractivity contribution < 1.29 is 8.78 Å². The molecule has 3 aromatic rings. The molecule has 0 aromatic carbocycles. The third-order valence-corrected chi connectivity index (χ3v) is 4.25. The lowest BCUT2D eigenvalue weighted by atomic mass is 9.85. The lowest BCUT2D eigenvalue weighted by Gasteiger charge is -2.31. The fourth-order valence-corrected chi connectivity index (χ4v) is 2.86. The van der Waals surface area contributed by atoms with Gasteiger partial charge in [0.2, 0.25) is 0 Å². The van der Waals surface area contributed by atoms with Gasteiger partial charge in [-0.3, -0.25) is 0 Å². The van der Waals surface area contributed by atoms with Crippen molar-refractivity contribution in [3.63, 3.8) is 0 Å². The van der Waals surface area contributed by atoms with E-state index in [1.165, 1.54) is 6.07 Å². The molecule has 132 valence electrons. The number of aromatic nitrogens is 4. The lowest BCUT2D eigenvalue weighted by molar-refractivity contribution is 0.332. The first-order valence-electron chi connectivity index (χ1n) is 8.21. The van der Waals surface area contributed by atoms with Gasteiger partial charge in [0, 0.05) is 23.2 Å². The van der Waals surface area contributed by atoms with Gasteiger partial charge in [0.25, 0.3) is 0 Å². The second kappa shape index (κ2) is 6.38. The highest BCUT2D eigenvalue weighted by molar-refractivity contribution is 5.91. The van der Waals surface area contributed by atoms with Gasteiger partial charge in [-0.05, 0) is 17.9 Å². The molecule has 0 bridgehead atoms. The highest BCUT2D eigenvalue weighted by atomic mass is 19.1. The topological polar surface area (TPSA) is 66.5 Å². The van der Waals surface area contributed by atoms with E-state index in [0.29, 0.717) is 22.4 Å². The van der Waals surface area contributed by atoms with E-state index in [0.717, 1.165) is 18.8 Å². The maximum Gasteiger partial charge on any atom is 0.183 e. The molecule has 0 aliphatic rings. The van der Waals surface area contributed by atoms with Crippen molar-refractivity contribution in [1.29, 1.82) is 0 Å². The minimum Gasteiger partial charge on any atom is -0.364 e. The Hall–Kier alpha value is -2.57. The second-order valence-corrected chi connectivity index (χ2v) is 7.11. The molecule has 0 spiro atoms. The summed E-state index contributed by atoms with van der Waals surface area (Å²) in [6.07, 6.45) is 4.74. The van der Waals surface area contributed by atoms with Gasteiger partial charge in [-0.15, -0.1) is 0 Å². The normalized spacial score (nSPS) is 13.2. The van der Waals surface area contributed by atoms with Gasteiger partial charge in [0.05, 0.1) is 12.4 Å². The number of rotatable bonds is 4. The minimum atomic E-state index is -0.518. The summed E-state index contributed by atoms with van der Waals surface area (Å²) in [6, 6.07) is 1.41. The fraction of sp³-hybridized carbons (Fsp3) is 0.389. The summed E-state index contributed by atoms with van der Waals surface area (Å²) in [5.41, 5.74) is 1.05. The van der Waals surface area contributed by atoms with E-state index in [1.807, 2.05) is 6.92 Å². The van der Waals surface area contributed by atoms with Crippen LogP contribution in [0.2, 0.25) is 0 Å². The maximum absolute atomic E-state index is 14.2. The molecule has 0 aliphatic carbocycles. The van der Waals surface area contributed by atoms with E-state index in [9.17, 15) is 8.78 Å². The third kappa shape index (κ3) is 3.45. The van der Waals surface area contributed by atoms with Gasteiger partial charge in [-0.1, -0.05) is 27.7 Å². The highest BCUT2D eigenvalue weighted by Crippen LogP contribution is 2.29. The molecule has 3 rings (SSSR count). The van der Waals surface area contributed by atoms with Crippen LogP contribution < -0.4 is 5.32 Å². The van der Waals surface area contributed by atoms with Crippen LogP contribution in [-0.2, 0) is 0 Å². The van der Waals surface area contributed by atoms with Gasteiger partial charge in [-0.25, -0.2) is 23.7 Å². The van der Waals surface area contributed by atoms with Crippen LogP contribution in [0.4, 0.5) is 14.6 Å². The van der Waals surface area contributed by atoms with Gasteiger partial charge in [-0.2, -0.15) is 0 Å². The number of anilines is 1. The summed E-state index contributed by atoms with van der Waals surface area (Å²) >= 11 is 0. The maximum atomic E-state index is 14.2. The smallest absolute Gasteiger partial charge is 0.183 e. The number of nitrogens with one attached hydrogen (secondary N) is 2. The molecule has 1 atom stereocenters. The molecule has 0 saturated heterocycles. The molecule has 1 unspecified atom stereocenters. The van der Waals surface area contributed by atoms with E-state index in [2.05, 4.69) is 46.0 Å². The molecule has 7 heteroatoms. The molecule has 0 aliphatic heterocycles. The molecule has 5 nitrogen and oxygen atoms in total. The Morgan fingerprint density at radius 1 is 1.20 bits per heavy atom. The van der Waals surface area contributed by atoms with E-state index in [1.54, 1.807) is 6.20 Å². The number of nitrogens with zero attached hydrogens (tertiary/aromatic N) is 3. The molecule has 3 aromatic heterocycles. The van der Waals surface area contributed by atoms with Gasteiger partial charge in [0.15, 0.2) is 17.5 Å². The first-order chi connectivity index (χ1) is 11.8. The zero-order valence-corrected chi connectivity index (χ0v) is 14.7. The van der Waals surface area contributed by atoms with Crippen molar-refractivity contribution in [1.82, 2.24) is 19.9 Å². The van der Waals surface area contributed by atoms with Crippen LogP contribution >= 0.6 is 0 Å². The Labute approximate surface area is 144 Å². The van der Waals surface area contributed by atoms with E-state index >= 15 is 0 Å². The predicted molar refractivity (Wildman–Crippen MR) is 94.2 cm³/mol. The number of halogens is 2. The summed E-state index contributed by atoms with van der Waals surface area (Å²) in [6.45, 7) is 8.30. The van der Waals surface area contributed by atoms with Crippen LogP contribution in [-0.4, -0.2) is 26.0 Å². The number of hydrogen-bond donors (Lipinski definition) is 2. The van der Waals surface area contributed by atoms with Crippen molar-refractivity contribution in [3.05, 3.63) is 36.3 Å². The Balaban J connectivity index is 2.02. The summed E-state index contributed by atoms with van der Waals surface area (Å²) in [4.78, 5) is 15.3. The SMILES string of the molecule is CCC(Nc1nc(-c2c[nH]c3ncc(F)cc23)ncc1F)C(C)(C)C. The molecule has 0 fully saturated rings. The molecule has 25 heavy (non-hydrogen) atoms. The molecule has 0 radical (unpaired) electrons. The number of pyridine rings is 1. The van der Waals surface area contributed by atoms with Crippen molar-refractivity contribution in [2.24, 2.45) is 5.41 Å². The van der Waals surface area contributed by atoms with Crippen molar-refractivity contribution in [2.75, 3.05) is 5.32 Å². The first-order valence-corrected chi connectivity index (χ1v) is 8.21. The van der Waals surface area contributed by atoms with Gasteiger partial charge >= 0.3 is 0 Å². The second-order valence-electron chi connectivity index (χ2n) is 7.11. The van der Waals surface area contributed by atoms with Crippen molar-refractivity contribution in [3.8, 4) is 11.4 Å². The van der Waals surface area contributed by atoms with E-state index in [-0.39, 0.29) is 17.3 Å². The molecule has 0 amide bonds. The fourth-order valence-electron chi connectivity index (χ4n) is 2.86. The average molecular weight is 345 g/mol. The zero-order chi connectivity index (χ0) is 18.2. The number of hydrogen-bond acceptors (Lipinski definition) is 4. The molecule has 2 N–H and O–H groups in total. The van der Waals surface area contributed by atoms with Crippen LogP contribution in [0.5, 0.6) is 0 Å². The Morgan fingerprint density at radius 3 is 2.64 bits per heavy atom. The Bertz CT molecular complexity index is 898. The minimum absolute atomic E-state index is 0.0480. The van der Waals surface area contributed by atoms with Crippen LogP contribution in [0.25, 0.3) is 22.4 Å². The monoisotopic (exact) mass is 345 g/mol. The highest BCUT2D eigenvalue weighted by Gasteiger charge is 2.24. The Morgan fingerprint density at radius 2 is 1.96 bits per heavy atom. The van der Waals surface area contributed by atoms with E-state index < -0.39 is 11.6 Å². The van der Waals surface area contributed by atoms with Crippen LogP contribution in [0.3, 0.4) is 0 Å². The quantitative estimate of drug-likeness (QED) is 0.729. The summed E-state index contributed by atoms with van der Waals surface area (Å²) in [5, 5.41) is 3.73. The van der Waals surface area contributed by atoms with Crippen LogP contribution in [0.1, 0.15) is 34.1 Å². The Kier molecular flexibility index (Phi) is 4.41. The zero-order valence-electron chi connectivity index (χ0n) is 14.7. The third-order valence-electron chi connectivity index (χ3n) is 4.25.